The number of rotatable bonds is 6. The summed E-state index contributed by atoms with van der Waals surface area (Å²) < 4.78 is 12.2. The van der Waals surface area contributed by atoms with Gasteiger partial charge < -0.3 is 9.47 Å². The lowest BCUT2D eigenvalue weighted by molar-refractivity contribution is 0.355. The van der Waals surface area contributed by atoms with Crippen LogP contribution in [0.2, 0.25) is 0 Å². The van der Waals surface area contributed by atoms with Gasteiger partial charge in [0.2, 0.25) is 5.16 Å². The second-order valence-corrected chi connectivity index (χ2v) is 6.39. The van der Waals surface area contributed by atoms with Crippen LogP contribution in [0.1, 0.15) is 5.69 Å². The highest BCUT2D eigenvalue weighted by Gasteiger charge is 2.11. The normalized spacial score (nSPS) is 10.7. The van der Waals surface area contributed by atoms with Crippen LogP contribution in [0.4, 0.5) is 0 Å². The zero-order valence-electron chi connectivity index (χ0n) is 12.9. The summed E-state index contributed by atoms with van der Waals surface area (Å²) in [6.45, 7) is 0. The molecule has 7 nitrogen and oxygen atoms in total. The monoisotopic (exact) mass is 349 g/mol. The standard InChI is InChI=1S/C14H15N5O2S2/c1-19-14(16-17-18-19)23-8-10-7-22-13(15-10)9-4-5-11(20-2)12(6-9)21-3/h4-7H,8H2,1-3H3. The highest BCUT2D eigenvalue weighted by molar-refractivity contribution is 7.98. The summed E-state index contributed by atoms with van der Waals surface area (Å²) in [5, 5.41) is 15.1. The number of nitrogens with zero attached hydrogens (tertiary/aromatic N) is 5. The van der Waals surface area contributed by atoms with E-state index in [4.69, 9.17) is 9.47 Å². The van der Waals surface area contributed by atoms with Crippen molar-refractivity contribution in [1.29, 1.82) is 0 Å². The molecule has 0 unspecified atom stereocenters. The molecule has 23 heavy (non-hydrogen) atoms. The Morgan fingerprint density at radius 3 is 2.74 bits per heavy atom. The molecule has 0 aliphatic rings. The van der Waals surface area contributed by atoms with Gasteiger partial charge in [-0.15, -0.1) is 16.4 Å². The van der Waals surface area contributed by atoms with Gasteiger partial charge in [-0.2, -0.15) is 0 Å². The summed E-state index contributed by atoms with van der Waals surface area (Å²) in [6.07, 6.45) is 0. The molecular weight excluding hydrogens is 334 g/mol. The van der Waals surface area contributed by atoms with Crippen LogP contribution in [0.3, 0.4) is 0 Å². The van der Waals surface area contributed by atoms with Crippen LogP contribution in [0, 0.1) is 0 Å². The molecule has 3 rings (SSSR count). The molecule has 0 saturated heterocycles. The van der Waals surface area contributed by atoms with Crippen molar-refractivity contribution < 1.29 is 9.47 Å². The van der Waals surface area contributed by atoms with Crippen molar-refractivity contribution in [1.82, 2.24) is 25.2 Å². The van der Waals surface area contributed by atoms with Crippen LogP contribution in [-0.4, -0.2) is 39.4 Å². The minimum absolute atomic E-state index is 0.696. The van der Waals surface area contributed by atoms with Crippen LogP contribution >= 0.6 is 23.1 Å². The summed E-state index contributed by atoms with van der Waals surface area (Å²) in [7, 11) is 5.07. The Bertz CT molecular complexity index is 802. The number of thiazole rings is 1. The minimum atomic E-state index is 0.696. The lowest BCUT2D eigenvalue weighted by Gasteiger charge is -2.08. The van der Waals surface area contributed by atoms with Crippen LogP contribution in [-0.2, 0) is 12.8 Å². The molecule has 1 aromatic carbocycles. The SMILES string of the molecule is COc1ccc(-c2nc(CSc3nnnn3C)cs2)cc1OC. The maximum absolute atomic E-state index is 5.34. The Morgan fingerprint density at radius 2 is 2.04 bits per heavy atom. The number of hydrogen-bond acceptors (Lipinski definition) is 8. The molecule has 0 atom stereocenters. The van der Waals surface area contributed by atoms with Crippen molar-refractivity contribution in [3.8, 4) is 22.1 Å². The van der Waals surface area contributed by atoms with E-state index in [0.29, 0.717) is 11.5 Å². The van der Waals surface area contributed by atoms with Gasteiger partial charge >= 0.3 is 0 Å². The number of aryl methyl sites for hydroxylation is 1. The van der Waals surface area contributed by atoms with Gasteiger partial charge in [-0.05, 0) is 28.6 Å². The summed E-state index contributed by atoms with van der Waals surface area (Å²) in [5.74, 6) is 2.12. The summed E-state index contributed by atoms with van der Waals surface area (Å²) >= 11 is 3.15. The molecule has 0 saturated carbocycles. The molecule has 2 heterocycles. The number of tetrazole rings is 1. The highest BCUT2D eigenvalue weighted by atomic mass is 32.2. The predicted molar refractivity (Wildman–Crippen MR) is 89.0 cm³/mol. The molecule has 0 amide bonds. The third kappa shape index (κ3) is 3.45. The van der Waals surface area contributed by atoms with Gasteiger partial charge in [0.1, 0.15) is 5.01 Å². The fourth-order valence-corrected chi connectivity index (χ4v) is 3.62. The molecule has 0 fully saturated rings. The van der Waals surface area contributed by atoms with Crippen molar-refractivity contribution in [2.45, 2.75) is 10.9 Å². The minimum Gasteiger partial charge on any atom is -0.493 e. The van der Waals surface area contributed by atoms with E-state index in [0.717, 1.165) is 27.2 Å². The van der Waals surface area contributed by atoms with Crippen molar-refractivity contribution in [2.75, 3.05) is 14.2 Å². The van der Waals surface area contributed by atoms with Crippen LogP contribution < -0.4 is 9.47 Å². The molecule has 0 N–H and O–H groups in total. The summed E-state index contributed by atoms with van der Waals surface area (Å²) in [4.78, 5) is 4.66. The predicted octanol–water partition coefficient (Wildman–Crippen LogP) is 2.64. The van der Waals surface area contributed by atoms with E-state index in [9.17, 15) is 0 Å². The van der Waals surface area contributed by atoms with Crippen LogP contribution in [0.25, 0.3) is 10.6 Å². The smallest absolute Gasteiger partial charge is 0.209 e. The van der Waals surface area contributed by atoms with Crippen molar-refractivity contribution in [3.63, 3.8) is 0 Å². The second kappa shape index (κ2) is 6.97. The number of thioether (sulfide) groups is 1. The average molecular weight is 349 g/mol. The number of benzene rings is 1. The molecule has 0 spiro atoms. The summed E-state index contributed by atoms with van der Waals surface area (Å²) in [5.41, 5.74) is 2.00. The molecule has 9 heteroatoms. The first-order valence-corrected chi connectivity index (χ1v) is 8.59. The Morgan fingerprint density at radius 1 is 1.22 bits per heavy atom. The third-order valence-corrected chi connectivity index (χ3v) is 5.10. The quantitative estimate of drug-likeness (QED) is 0.633. The van der Waals surface area contributed by atoms with Crippen molar-refractivity contribution in [2.24, 2.45) is 7.05 Å². The van der Waals surface area contributed by atoms with E-state index in [1.54, 1.807) is 42.0 Å². The Balaban J connectivity index is 1.75. The van der Waals surface area contributed by atoms with Gasteiger partial charge in [0.25, 0.3) is 0 Å². The Hall–Kier alpha value is -2.13. The van der Waals surface area contributed by atoms with Crippen LogP contribution in [0.5, 0.6) is 11.5 Å². The molecule has 0 aliphatic carbocycles. The zero-order valence-corrected chi connectivity index (χ0v) is 14.5. The highest BCUT2D eigenvalue weighted by Crippen LogP contribution is 2.34. The van der Waals surface area contributed by atoms with E-state index in [1.807, 2.05) is 30.6 Å². The lowest BCUT2D eigenvalue weighted by atomic mass is 10.2. The van der Waals surface area contributed by atoms with Gasteiger partial charge in [-0.3, -0.25) is 0 Å². The van der Waals surface area contributed by atoms with Gasteiger partial charge in [0.05, 0.1) is 19.9 Å². The van der Waals surface area contributed by atoms with Gasteiger partial charge in [-0.1, -0.05) is 11.8 Å². The fourth-order valence-electron chi connectivity index (χ4n) is 1.96. The van der Waals surface area contributed by atoms with E-state index in [-0.39, 0.29) is 0 Å². The molecule has 0 bridgehead atoms. The van der Waals surface area contributed by atoms with Crippen molar-refractivity contribution in [3.05, 3.63) is 29.3 Å². The molecule has 0 aliphatic heterocycles. The maximum Gasteiger partial charge on any atom is 0.209 e. The molecule has 2 aromatic heterocycles. The maximum atomic E-state index is 5.34. The average Bonchev–Trinajstić information content (AvgIpc) is 3.21. The Kier molecular flexibility index (Phi) is 4.77. The molecular formula is C14H15N5O2S2. The van der Waals surface area contributed by atoms with Gasteiger partial charge in [-0.25, -0.2) is 9.67 Å². The Labute approximate surface area is 141 Å². The molecule has 0 radical (unpaired) electrons. The largest absolute Gasteiger partial charge is 0.493 e. The van der Waals surface area contributed by atoms with Crippen molar-refractivity contribution >= 4 is 23.1 Å². The number of methoxy groups -OCH3 is 2. The van der Waals surface area contributed by atoms with Gasteiger partial charge in [0.15, 0.2) is 11.5 Å². The fraction of sp³-hybridized carbons (Fsp3) is 0.286. The number of ether oxygens (including phenoxy) is 2. The molecule has 3 aromatic rings. The first kappa shape index (κ1) is 15.8. The van der Waals surface area contributed by atoms with E-state index in [1.165, 1.54) is 0 Å². The first-order chi connectivity index (χ1) is 11.2. The van der Waals surface area contributed by atoms with Gasteiger partial charge in [0, 0.05) is 23.7 Å². The third-order valence-electron chi connectivity index (χ3n) is 3.11. The summed E-state index contributed by atoms with van der Waals surface area (Å²) in [6, 6.07) is 5.79. The number of aromatic nitrogens is 5. The number of hydrogen-bond donors (Lipinski definition) is 0. The second-order valence-electron chi connectivity index (χ2n) is 4.59. The van der Waals surface area contributed by atoms with Crippen LogP contribution in [0.15, 0.2) is 28.7 Å². The first-order valence-electron chi connectivity index (χ1n) is 6.73. The van der Waals surface area contributed by atoms with E-state index >= 15 is 0 Å². The zero-order chi connectivity index (χ0) is 16.2. The van der Waals surface area contributed by atoms with E-state index in [2.05, 4.69) is 20.5 Å². The molecule has 120 valence electrons. The lowest BCUT2D eigenvalue weighted by Crippen LogP contribution is -1.93. The van der Waals surface area contributed by atoms with E-state index < -0.39 is 0 Å². The topological polar surface area (TPSA) is 75.0 Å².